The van der Waals surface area contributed by atoms with Crippen LogP contribution in [0.5, 0.6) is 11.5 Å². The highest BCUT2D eigenvalue weighted by Gasteiger charge is 2.35. The minimum absolute atomic E-state index is 0.0474. The molecular weight excluding hydrogens is 430 g/mol. The Bertz CT molecular complexity index is 1450. The van der Waals surface area contributed by atoms with Gasteiger partial charge in [-0.05, 0) is 59.9 Å². The summed E-state index contributed by atoms with van der Waals surface area (Å²) in [6.07, 6.45) is 3.69. The number of carbonyl (C=O) groups is 1. The molecule has 0 aliphatic carbocycles. The van der Waals surface area contributed by atoms with Crippen molar-refractivity contribution in [1.29, 1.82) is 0 Å². The summed E-state index contributed by atoms with van der Waals surface area (Å²) < 4.78 is 12.5. The molecular formula is C27H25N3O4. The van der Waals surface area contributed by atoms with Crippen LogP contribution in [0.1, 0.15) is 38.7 Å². The van der Waals surface area contributed by atoms with Crippen LogP contribution in [0.2, 0.25) is 0 Å². The summed E-state index contributed by atoms with van der Waals surface area (Å²) in [5.74, 6) is 0.904. The van der Waals surface area contributed by atoms with Gasteiger partial charge in [-0.25, -0.2) is 4.98 Å². The Morgan fingerprint density at radius 1 is 1.03 bits per heavy atom. The van der Waals surface area contributed by atoms with Gasteiger partial charge in [0, 0.05) is 18.9 Å². The Labute approximate surface area is 197 Å². The van der Waals surface area contributed by atoms with Crippen molar-refractivity contribution in [3.05, 3.63) is 105 Å². The molecule has 5 rings (SSSR count). The Hall–Kier alpha value is -4.13. The van der Waals surface area contributed by atoms with Gasteiger partial charge in [0.2, 0.25) is 0 Å². The predicted octanol–water partition coefficient (Wildman–Crippen LogP) is 3.81. The van der Waals surface area contributed by atoms with Crippen molar-refractivity contribution >= 4 is 11.6 Å². The molecule has 0 radical (unpaired) electrons. The van der Waals surface area contributed by atoms with Crippen LogP contribution in [0.4, 0.5) is 0 Å². The Kier molecular flexibility index (Phi) is 5.53. The monoisotopic (exact) mass is 455 g/mol. The molecule has 0 spiro atoms. The zero-order valence-electron chi connectivity index (χ0n) is 19.3. The van der Waals surface area contributed by atoms with Gasteiger partial charge in [0.1, 0.15) is 11.2 Å². The lowest BCUT2D eigenvalue weighted by atomic mass is 9.87. The molecule has 3 heterocycles. The lowest BCUT2D eigenvalue weighted by Crippen LogP contribution is -2.43. The molecule has 7 nitrogen and oxygen atoms in total. The van der Waals surface area contributed by atoms with Gasteiger partial charge in [0.15, 0.2) is 11.5 Å². The first-order valence-electron chi connectivity index (χ1n) is 11.1. The van der Waals surface area contributed by atoms with E-state index in [2.05, 4.69) is 4.98 Å². The summed E-state index contributed by atoms with van der Waals surface area (Å²) in [4.78, 5) is 33.2. The van der Waals surface area contributed by atoms with Crippen LogP contribution in [-0.4, -0.2) is 41.0 Å². The first-order valence-corrected chi connectivity index (χ1v) is 11.1. The average Bonchev–Trinajstić information content (AvgIpc) is 2.87. The highest BCUT2D eigenvalue weighted by atomic mass is 16.5. The van der Waals surface area contributed by atoms with Gasteiger partial charge in [-0.2, -0.15) is 0 Å². The minimum atomic E-state index is -0.379. The predicted molar refractivity (Wildman–Crippen MR) is 129 cm³/mol. The van der Waals surface area contributed by atoms with E-state index in [0.717, 1.165) is 22.3 Å². The summed E-state index contributed by atoms with van der Waals surface area (Å²) in [6.45, 7) is 2.39. The second kappa shape index (κ2) is 8.67. The van der Waals surface area contributed by atoms with Crippen LogP contribution < -0.4 is 15.0 Å². The van der Waals surface area contributed by atoms with E-state index in [4.69, 9.17) is 9.47 Å². The topological polar surface area (TPSA) is 73.1 Å². The van der Waals surface area contributed by atoms with Crippen LogP contribution >= 0.6 is 0 Å². The van der Waals surface area contributed by atoms with E-state index in [1.165, 1.54) is 10.6 Å². The first kappa shape index (κ1) is 21.7. The number of nitrogens with zero attached hydrogens (tertiary/aromatic N) is 3. The number of carbonyl (C=O) groups excluding carboxylic acids is 1. The Morgan fingerprint density at radius 2 is 1.76 bits per heavy atom. The molecule has 0 bridgehead atoms. The van der Waals surface area contributed by atoms with Gasteiger partial charge < -0.3 is 14.4 Å². The Balaban J connectivity index is 1.65. The number of aromatic nitrogens is 2. The fourth-order valence-electron chi connectivity index (χ4n) is 4.64. The molecule has 1 unspecified atom stereocenters. The normalized spacial score (nSPS) is 15.1. The van der Waals surface area contributed by atoms with Gasteiger partial charge in [0.25, 0.3) is 11.5 Å². The van der Waals surface area contributed by atoms with Gasteiger partial charge in [0.05, 0.1) is 20.3 Å². The van der Waals surface area contributed by atoms with Crippen LogP contribution in [-0.2, 0) is 6.42 Å². The smallest absolute Gasteiger partial charge is 0.270 e. The molecule has 0 N–H and O–H groups in total. The number of pyridine rings is 1. The number of rotatable bonds is 4. The zero-order chi connectivity index (χ0) is 23.8. The summed E-state index contributed by atoms with van der Waals surface area (Å²) in [7, 11) is 3.20. The number of fused-ring (bicyclic) bond motifs is 2. The molecule has 2 aromatic heterocycles. The van der Waals surface area contributed by atoms with E-state index in [0.29, 0.717) is 30.1 Å². The standard InChI is InChI=1S/C27H25N3O4/c1-17-9-11-29-24(13-17)28-16-21(26(29)31)27(32)30-12-10-19-14-22(33-2)23(34-3)15-20(19)25(30)18-7-5-4-6-8-18/h4-9,11,13-16,25H,10,12H2,1-3H3. The molecule has 2 aromatic carbocycles. The van der Waals surface area contributed by atoms with Gasteiger partial charge in [-0.1, -0.05) is 30.3 Å². The fourth-order valence-corrected chi connectivity index (χ4v) is 4.64. The quantitative estimate of drug-likeness (QED) is 0.468. The Morgan fingerprint density at radius 3 is 2.50 bits per heavy atom. The SMILES string of the molecule is COc1cc2c(cc1OC)C(c1ccccc1)N(C(=O)c1cnc3cc(C)ccn3c1=O)CC2. The van der Waals surface area contributed by atoms with Crippen LogP contribution in [0.25, 0.3) is 5.65 Å². The van der Waals surface area contributed by atoms with E-state index < -0.39 is 0 Å². The number of aryl methyl sites for hydroxylation is 1. The lowest BCUT2D eigenvalue weighted by Gasteiger charge is -2.38. The average molecular weight is 456 g/mol. The summed E-state index contributed by atoms with van der Waals surface area (Å²) in [5, 5.41) is 0. The molecule has 172 valence electrons. The maximum Gasteiger partial charge on any atom is 0.270 e. The summed E-state index contributed by atoms with van der Waals surface area (Å²) >= 11 is 0. The number of hydrogen-bond acceptors (Lipinski definition) is 5. The van der Waals surface area contributed by atoms with Gasteiger partial charge in [-0.15, -0.1) is 0 Å². The number of methoxy groups -OCH3 is 2. The molecule has 1 aliphatic heterocycles. The maximum atomic E-state index is 13.8. The van der Waals surface area contributed by atoms with Gasteiger partial charge in [-0.3, -0.25) is 14.0 Å². The van der Waals surface area contributed by atoms with Crippen LogP contribution in [0.15, 0.2) is 71.8 Å². The van der Waals surface area contributed by atoms with E-state index in [-0.39, 0.29) is 23.1 Å². The molecule has 1 aliphatic rings. The van der Waals surface area contributed by atoms with Crippen molar-refractivity contribution in [3.63, 3.8) is 0 Å². The first-order chi connectivity index (χ1) is 16.5. The molecule has 1 amide bonds. The number of benzene rings is 2. The third kappa shape index (κ3) is 3.59. The number of ether oxygens (including phenoxy) is 2. The maximum absolute atomic E-state index is 13.8. The molecule has 0 fully saturated rings. The highest BCUT2D eigenvalue weighted by molar-refractivity contribution is 5.94. The van der Waals surface area contributed by atoms with Crippen molar-refractivity contribution in [2.24, 2.45) is 0 Å². The third-order valence-corrected chi connectivity index (χ3v) is 6.35. The number of hydrogen-bond donors (Lipinski definition) is 0. The lowest BCUT2D eigenvalue weighted by molar-refractivity contribution is 0.0691. The van der Waals surface area contributed by atoms with Crippen LogP contribution in [0.3, 0.4) is 0 Å². The van der Waals surface area contributed by atoms with E-state index in [1.807, 2.05) is 61.5 Å². The minimum Gasteiger partial charge on any atom is -0.493 e. The second-order valence-electron chi connectivity index (χ2n) is 8.38. The molecule has 34 heavy (non-hydrogen) atoms. The van der Waals surface area contributed by atoms with E-state index >= 15 is 0 Å². The summed E-state index contributed by atoms with van der Waals surface area (Å²) in [5.41, 5.74) is 4.17. The van der Waals surface area contributed by atoms with E-state index in [9.17, 15) is 9.59 Å². The number of amides is 1. The molecule has 4 aromatic rings. The zero-order valence-corrected chi connectivity index (χ0v) is 19.3. The van der Waals surface area contributed by atoms with Gasteiger partial charge >= 0.3 is 0 Å². The molecule has 7 heteroatoms. The van der Waals surface area contributed by atoms with Crippen molar-refractivity contribution in [2.45, 2.75) is 19.4 Å². The van der Waals surface area contributed by atoms with Crippen molar-refractivity contribution in [2.75, 3.05) is 20.8 Å². The summed E-state index contributed by atoms with van der Waals surface area (Å²) in [6, 6.07) is 17.0. The molecule has 0 saturated heterocycles. The van der Waals surface area contributed by atoms with E-state index in [1.54, 1.807) is 25.3 Å². The fraction of sp³-hybridized carbons (Fsp3) is 0.222. The van der Waals surface area contributed by atoms with Crippen LogP contribution in [0, 0.1) is 6.92 Å². The van der Waals surface area contributed by atoms with Crippen molar-refractivity contribution in [3.8, 4) is 11.5 Å². The highest BCUT2D eigenvalue weighted by Crippen LogP contribution is 2.41. The molecule has 0 saturated carbocycles. The third-order valence-electron chi connectivity index (χ3n) is 6.35. The second-order valence-corrected chi connectivity index (χ2v) is 8.38. The largest absolute Gasteiger partial charge is 0.493 e. The molecule has 1 atom stereocenters. The van der Waals surface area contributed by atoms with Crippen molar-refractivity contribution < 1.29 is 14.3 Å². The van der Waals surface area contributed by atoms with Crippen molar-refractivity contribution in [1.82, 2.24) is 14.3 Å².